The Balaban J connectivity index is 0.000000372. The summed E-state index contributed by atoms with van der Waals surface area (Å²) in [6.45, 7) is 15.5. The summed E-state index contributed by atoms with van der Waals surface area (Å²) in [7, 11) is 11.8. The fraction of sp³-hybridized carbons (Fsp3) is 0.588. The maximum atomic E-state index is 4.85. The first kappa shape index (κ1) is 21.9. The van der Waals surface area contributed by atoms with Crippen molar-refractivity contribution in [1.82, 2.24) is 4.90 Å². The third-order valence-electron chi connectivity index (χ3n) is 4.45. The maximum absolute atomic E-state index is 4.85. The van der Waals surface area contributed by atoms with Gasteiger partial charge in [-0.15, -0.1) is 0 Å². The van der Waals surface area contributed by atoms with Crippen LogP contribution in [0.3, 0.4) is 0 Å². The van der Waals surface area contributed by atoms with Gasteiger partial charge in [-0.3, -0.25) is 4.99 Å². The summed E-state index contributed by atoms with van der Waals surface area (Å²) in [5, 5.41) is 0. The summed E-state index contributed by atoms with van der Waals surface area (Å²) in [5.74, 6) is 0. The molecule has 5 heteroatoms. The van der Waals surface area contributed by atoms with Crippen molar-refractivity contribution in [2.24, 2.45) is 4.99 Å². The molecule has 0 spiro atoms. The molecular weight excluding hydrogens is 404 g/mol. The zero-order valence-electron chi connectivity index (χ0n) is 14.7. The molecule has 0 aromatic heterocycles. The number of halogens is 2. The predicted octanol–water partition coefficient (Wildman–Crippen LogP) is 5.26. The number of rotatable bonds is 0. The summed E-state index contributed by atoms with van der Waals surface area (Å²) >= 11 is -0.346. The summed E-state index contributed by atoms with van der Waals surface area (Å²) in [5.41, 5.74) is 8.73. The fourth-order valence-electron chi connectivity index (χ4n) is 2.35. The van der Waals surface area contributed by atoms with Crippen LogP contribution in [0.2, 0.25) is 0 Å². The van der Waals surface area contributed by atoms with E-state index in [0.29, 0.717) is 0 Å². The van der Waals surface area contributed by atoms with Gasteiger partial charge in [-0.1, -0.05) is 0 Å². The summed E-state index contributed by atoms with van der Waals surface area (Å²) < 4.78 is 0. The Morgan fingerprint density at radius 3 is 1.32 bits per heavy atom. The van der Waals surface area contributed by atoms with E-state index >= 15 is 0 Å². The van der Waals surface area contributed by atoms with Gasteiger partial charge in [0, 0.05) is 20.1 Å². The van der Waals surface area contributed by atoms with Gasteiger partial charge >= 0.3 is 34.5 Å². The van der Waals surface area contributed by atoms with Crippen molar-refractivity contribution in [3.8, 4) is 0 Å². The zero-order valence-corrected chi connectivity index (χ0v) is 18.0. The van der Waals surface area contributed by atoms with Crippen LogP contribution in [-0.4, -0.2) is 31.4 Å². The van der Waals surface area contributed by atoms with E-state index < -0.39 is 0 Å². The van der Waals surface area contributed by atoms with Crippen LogP contribution in [0.5, 0.6) is 0 Å². The van der Waals surface area contributed by atoms with Crippen LogP contribution < -0.4 is 0 Å². The van der Waals surface area contributed by atoms with Gasteiger partial charge in [-0.2, -0.15) is 0 Å². The van der Waals surface area contributed by atoms with Crippen molar-refractivity contribution in [3.05, 3.63) is 33.4 Å². The fourth-order valence-corrected chi connectivity index (χ4v) is 2.35. The van der Waals surface area contributed by atoms with Gasteiger partial charge in [-0.05, 0) is 81.3 Å². The molecule has 0 amide bonds. The predicted molar refractivity (Wildman–Crippen MR) is 97.2 cm³/mol. The van der Waals surface area contributed by atoms with Gasteiger partial charge in [0.05, 0.1) is 6.34 Å². The van der Waals surface area contributed by atoms with E-state index in [9.17, 15) is 0 Å². The second-order valence-corrected chi connectivity index (χ2v) is 8.30. The molecule has 1 aromatic rings. The van der Waals surface area contributed by atoms with E-state index in [1.807, 2.05) is 13.4 Å². The summed E-state index contributed by atoms with van der Waals surface area (Å²) in [4.78, 5) is 6.16. The number of aliphatic imine (C=N–C) groups is 1. The molecule has 128 valence electrons. The van der Waals surface area contributed by atoms with Crippen LogP contribution in [0.25, 0.3) is 0 Å². The van der Waals surface area contributed by atoms with E-state index in [1.54, 1.807) is 0 Å². The molecule has 0 fully saturated rings. The number of hydrogen-bond acceptors (Lipinski definition) is 2. The molecule has 0 saturated carbocycles. The van der Waals surface area contributed by atoms with Crippen LogP contribution in [0, 0.1) is 41.5 Å². The Bertz CT molecular complexity index is 397. The second-order valence-electron chi connectivity index (χ2n) is 5.66. The van der Waals surface area contributed by atoms with E-state index in [1.165, 1.54) is 46.3 Å². The van der Waals surface area contributed by atoms with E-state index in [4.69, 9.17) is 19.4 Å². The first-order chi connectivity index (χ1) is 10.3. The Labute approximate surface area is 152 Å². The summed E-state index contributed by atoms with van der Waals surface area (Å²) in [6.07, 6.45) is 3.11. The molecule has 2 rings (SSSR count). The first-order valence-corrected chi connectivity index (χ1v) is 11.8. The number of hydrogen-bond donors (Lipinski definition) is 0. The molecule has 22 heavy (non-hydrogen) atoms. The molecule has 0 bridgehead atoms. The van der Waals surface area contributed by atoms with Crippen LogP contribution >= 0.6 is 19.4 Å². The molecule has 0 radical (unpaired) electrons. The van der Waals surface area contributed by atoms with Gasteiger partial charge in [0.15, 0.2) is 0 Å². The van der Waals surface area contributed by atoms with Crippen LogP contribution in [-0.2, 0) is 15.1 Å². The molecule has 0 saturated heterocycles. The molecule has 0 N–H and O–H groups in total. The van der Waals surface area contributed by atoms with Gasteiger partial charge in [0.2, 0.25) is 0 Å². The Morgan fingerprint density at radius 2 is 1.18 bits per heavy atom. The molecule has 0 aliphatic carbocycles. The average Bonchev–Trinajstić information content (AvgIpc) is 2.51. The van der Waals surface area contributed by atoms with Crippen LogP contribution in [0.15, 0.2) is 4.99 Å². The van der Waals surface area contributed by atoms with E-state index in [-0.39, 0.29) is 15.1 Å². The Morgan fingerprint density at radius 1 is 0.864 bits per heavy atom. The minimum absolute atomic E-state index is 0.346. The normalized spacial score (nSPS) is 13.2. The third-order valence-corrected chi connectivity index (χ3v) is 4.45. The van der Waals surface area contributed by atoms with Gasteiger partial charge in [-0.25, -0.2) is 0 Å². The second kappa shape index (κ2) is 11.4. The topological polar surface area (TPSA) is 15.6 Å². The molecule has 1 aromatic carbocycles. The zero-order chi connectivity index (χ0) is 17.3. The molecular formula is C17H28Cl2N2Ru. The van der Waals surface area contributed by atoms with E-state index in [2.05, 4.69) is 51.4 Å². The quantitative estimate of drug-likeness (QED) is 0.511. The molecule has 1 aliphatic heterocycles. The van der Waals surface area contributed by atoms with Gasteiger partial charge < -0.3 is 4.90 Å². The molecule has 0 atom stereocenters. The minimum atomic E-state index is -0.346. The van der Waals surface area contributed by atoms with Gasteiger partial charge in [0.25, 0.3) is 0 Å². The summed E-state index contributed by atoms with van der Waals surface area (Å²) in [6, 6.07) is 0. The average molecular weight is 432 g/mol. The standard InChI is InChI=1S/C12H18.C5H10N2.2ClH.Ru/c1-7-8(2)10(4)12(6)11(5)9(7)3;1-7-4-2-3-6-5-7;;;/h1-6H3;5H,2-4H2,1H3;2*1H;/q;;;;+2/p-2. The first-order valence-electron chi connectivity index (χ1n) is 7.36. The monoisotopic (exact) mass is 432 g/mol. The SMILES string of the molecule is CN1C=NCCC1.Cc1c(C)c(C)c(C)c(C)c1C.[Cl][Ru][Cl]. The Hall–Kier alpha value is -0.107. The van der Waals surface area contributed by atoms with Crippen molar-refractivity contribution in [3.63, 3.8) is 0 Å². The van der Waals surface area contributed by atoms with Crippen molar-refractivity contribution in [2.45, 2.75) is 48.0 Å². The molecule has 1 aliphatic rings. The van der Waals surface area contributed by atoms with Crippen molar-refractivity contribution < 1.29 is 15.1 Å². The molecule has 0 unspecified atom stereocenters. The van der Waals surface area contributed by atoms with Crippen LogP contribution in [0.4, 0.5) is 0 Å². The third kappa shape index (κ3) is 6.98. The number of nitrogens with zero attached hydrogens (tertiary/aromatic N) is 2. The van der Waals surface area contributed by atoms with Crippen molar-refractivity contribution in [2.75, 3.05) is 20.1 Å². The number of benzene rings is 1. The van der Waals surface area contributed by atoms with E-state index in [0.717, 1.165) is 6.54 Å². The Kier molecular flexibility index (Phi) is 11.4. The van der Waals surface area contributed by atoms with Crippen molar-refractivity contribution >= 4 is 25.7 Å². The molecule has 2 nitrogen and oxygen atoms in total. The van der Waals surface area contributed by atoms with Crippen molar-refractivity contribution in [1.29, 1.82) is 0 Å². The van der Waals surface area contributed by atoms with Crippen LogP contribution in [0.1, 0.15) is 39.8 Å². The molecule has 1 heterocycles. The van der Waals surface area contributed by atoms with Gasteiger partial charge in [0.1, 0.15) is 0 Å².